The SMILES string of the molecule is O=C(NCC(F)(F)F)C1(Nc2nc(-c3c[nH]c4ncccc34)ncc2F)CCS(=O)CC1. The second-order valence-corrected chi connectivity index (χ2v) is 9.04. The number of nitrogens with one attached hydrogen (secondary N) is 3. The fourth-order valence-corrected chi connectivity index (χ4v) is 4.87. The largest absolute Gasteiger partial charge is 0.405 e. The van der Waals surface area contributed by atoms with Crippen LogP contribution in [0.15, 0.2) is 30.7 Å². The second-order valence-electron chi connectivity index (χ2n) is 7.35. The monoisotopic (exact) mass is 470 g/mol. The van der Waals surface area contributed by atoms with Crippen LogP contribution in [0.5, 0.6) is 0 Å². The molecule has 13 heteroatoms. The van der Waals surface area contributed by atoms with E-state index in [1.807, 2.05) is 5.32 Å². The van der Waals surface area contributed by atoms with Crippen molar-refractivity contribution in [2.24, 2.45) is 0 Å². The molecule has 3 aromatic heterocycles. The van der Waals surface area contributed by atoms with E-state index in [4.69, 9.17) is 0 Å². The number of halogens is 4. The molecule has 0 atom stereocenters. The van der Waals surface area contributed by atoms with Crippen LogP contribution in [0.4, 0.5) is 23.4 Å². The lowest BCUT2D eigenvalue weighted by Gasteiger charge is -2.36. The van der Waals surface area contributed by atoms with Gasteiger partial charge in [0.1, 0.15) is 17.7 Å². The summed E-state index contributed by atoms with van der Waals surface area (Å²) in [6.45, 7) is -1.53. The number of alkyl halides is 3. The summed E-state index contributed by atoms with van der Waals surface area (Å²) in [4.78, 5) is 28.0. The van der Waals surface area contributed by atoms with E-state index >= 15 is 0 Å². The van der Waals surface area contributed by atoms with Crippen LogP contribution in [0.3, 0.4) is 0 Å². The Labute approximate surface area is 181 Å². The molecule has 0 aliphatic carbocycles. The number of rotatable bonds is 5. The molecule has 1 fully saturated rings. The molecule has 1 aliphatic rings. The Balaban J connectivity index is 1.67. The molecule has 0 aromatic carbocycles. The van der Waals surface area contributed by atoms with Crippen molar-refractivity contribution in [3.05, 3.63) is 36.5 Å². The topological polar surface area (TPSA) is 113 Å². The summed E-state index contributed by atoms with van der Waals surface area (Å²) in [5.74, 6) is -1.86. The molecule has 0 saturated carbocycles. The van der Waals surface area contributed by atoms with Gasteiger partial charge in [-0.15, -0.1) is 0 Å². The fourth-order valence-electron chi connectivity index (χ4n) is 3.51. The van der Waals surface area contributed by atoms with Gasteiger partial charge in [-0.2, -0.15) is 13.2 Å². The van der Waals surface area contributed by atoms with Gasteiger partial charge in [0.15, 0.2) is 17.5 Å². The van der Waals surface area contributed by atoms with Gasteiger partial charge in [-0.25, -0.2) is 19.3 Å². The number of aromatic amines is 1. The number of pyridine rings is 1. The third kappa shape index (κ3) is 4.56. The number of H-pyrrole nitrogens is 1. The van der Waals surface area contributed by atoms with Crippen LogP contribution in [0.1, 0.15) is 12.8 Å². The molecule has 1 saturated heterocycles. The van der Waals surface area contributed by atoms with Crippen molar-refractivity contribution in [2.75, 3.05) is 23.4 Å². The molecule has 0 radical (unpaired) electrons. The molecule has 8 nitrogen and oxygen atoms in total. The Morgan fingerprint density at radius 2 is 2.00 bits per heavy atom. The van der Waals surface area contributed by atoms with Crippen molar-refractivity contribution in [3.63, 3.8) is 0 Å². The number of nitrogens with zero attached hydrogens (tertiary/aromatic N) is 3. The first-order chi connectivity index (χ1) is 15.2. The van der Waals surface area contributed by atoms with Gasteiger partial charge < -0.3 is 15.6 Å². The first kappa shape index (κ1) is 22.1. The highest BCUT2D eigenvalue weighted by molar-refractivity contribution is 7.85. The molecule has 170 valence electrons. The predicted molar refractivity (Wildman–Crippen MR) is 110 cm³/mol. The van der Waals surface area contributed by atoms with Crippen molar-refractivity contribution < 1.29 is 26.6 Å². The lowest BCUT2D eigenvalue weighted by molar-refractivity contribution is -0.141. The third-order valence-electron chi connectivity index (χ3n) is 5.19. The lowest BCUT2D eigenvalue weighted by Crippen LogP contribution is -2.57. The van der Waals surface area contributed by atoms with Gasteiger partial charge in [0.05, 0.1) is 6.20 Å². The minimum atomic E-state index is -4.61. The highest BCUT2D eigenvalue weighted by atomic mass is 32.2. The molecule has 4 rings (SSSR count). The molecular formula is C19H18F4N6O2S. The Kier molecular flexibility index (Phi) is 5.84. The molecule has 4 heterocycles. The van der Waals surface area contributed by atoms with Crippen LogP contribution >= 0.6 is 0 Å². The molecule has 3 N–H and O–H groups in total. The summed E-state index contributed by atoms with van der Waals surface area (Å²) >= 11 is 0. The average Bonchev–Trinajstić information content (AvgIpc) is 3.19. The lowest BCUT2D eigenvalue weighted by atomic mass is 9.90. The first-order valence-corrected chi connectivity index (χ1v) is 11.1. The molecule has 0 unspecified atom stereocenters. The van der Waals surface area contributed by atoms with Gasteiger partial charge >= 0.3 is 6.18 Å². The van der Waals surface area contributed by atoms with Crippen molar-refractivity contribution in [3.8, 4) is 11.4 Å². The summed E-state index contributed by atoms with van der Waals surface area (Å²) in [6, 6.07) is 3.49. The zero-order chi connectivity index (χ0) is 22.9. The van der Waals surface area contributed by atoms with E-state index in [0.717, 1.165) is 6.20 Å². The fraction of sp³-hybridized carbons (Fsp3) is 0.368. The minimum Gasteiger partial charge on any atom is -0.353 e. The Hall–Kier alpha value is -3.09. The van der Waals surface area contributed by atoms with E-state index < -0.39 is 40.8 Å². The van der Waals surface area contributed by atoms with Gasteiger partial charge in [0.25, 0.3) is 0 Å². The van der Waals surface area contributed by atoms with E-state index in [-0.39, 0.29) is 36.0 Å². The van der Waals surface area contributed by atoms with Gasteiger partial charge in [-0.1, -0.05) is 0 Å². The van der Waals surface area contributed by atoms with E-state index in [1.54, 1.807) is 24.5 Å². The summed E-state index contributed by atoms with van der Waals surface area (Å²) in [6.07, 6.45) is -0.576. The standard InChI is InChI=1S/C19H18F4N6O2S/c20-13-9-26-15(12-8-25-14-11(12)2-1-5-24-14)28-16(13)29-18(3-6-32(31)7-4-18)17(30)27-10-19(21,22)23/h1-2,5,8-9H,3-4,6-7,10H2,(H,24,25)(H,27,30)(H,26,28,29). The van der Waals surface area contributed by atoms with Crippen molar-refractivity contribution in [1.82, 2.24) is 25.3 Å². The Morgan fingerprint density at radius 3 is 2.72 bits per heavy atom. The number of hydrogen-bond donors (Lipinski definition) is 3. The quantitative estimate of drug-likeness (QED) is 0.494. The van der Waals surface area contributed by atoms with E-state index in [2.05, 4.69) is 25.3 Å². The highest BCUT2D eigenvalue weighted by Crippen LogP contribution is 2.31. The average molecular weight is 470 g/mol. The summed E-state index contributed by atoms with van der Waals surface area (Å²) in [5, 5.41) is 5.24. The van der Waals surface area contributed by atoms with Crippen LogP contribution in [0, 0.1) is 5.82 Å². The number of amides is 1. The van der Waals surface area contributed by atoms with Gasteiger partial charge in [-0.05, 0) is 25.0 Å². The molecule has 1 amide bonds. The number of carbonyl (C=O) groups excluding carboxylic acids is 1. The smallest absolute Gasteiger partial charge is 0.353 e. The molecule has 0 bridgehead atoms. The third-order valence-corrected chi connectivity index (χ3v) is 6.51. The van der Waals surface area contributed by atoms with E-state index in [1.165, 1.54) is 0 Å². The zero-order valence-corrected chi connectivity index (χ0v) is 17.3. The summed E-state index contributed by atoms with van der Waals surface area (Å²) in [5.41, 5.74) is -0.480. The minimum absolute atomic E-state index is 0.0426. The zero-order valence-electron chi connectivity index (χ0n) is 16.5. The number of aromatic nitrogens is 4. The highest BCUT2D eigenvalue weighted by Gasteiger charge is 2.43. The van der Waals surface area contributed by atoms with Crippen LogP contribution in [-0.4, -0.2) is 59.8 Å². The first-order valence-electron chi connectivity index (χ1n) is 9.60. The predicted octanol–water partition coefficient (Wildman–Crippen LogP) is 2.53. The van der Waals surface area contributed by atoms with Crippen molar-refractivity contribution in [1.29, 1.82) is 0 Å². The van der Waals surface area contributed by atoms with Crippen molar-refractivity contribution >= 4 is 33.6 Å². The molecule has 0 spiro atoms. The van der Waals surface area contributed by atoms with Crippen molar-refractivity contribution in [2.45, 2.75) is 24.6 Å². The normalized spacial score (nSPS) is 21.4. The number of fused-ring (bicyclic) bond motifs is 1. The summed E-state index contributed by atoms with van der Waals surface area (Å²) < 4.78 is 64.3. The van der Waals surface area contributed by atoms with Crippen LogP contribution in [-0.2, 0) is 15.6 Å². The Morgan fingerprint density at radius 1 is 1.25 bits per heavy atom. The molecule has 1 aliphatic heterocycles. The Bertz CT molecular complexity index is 1170. The second kappa shape index (κ2) is 8.45. The maximum absolute atomic E-state index is 14.6. The maximum atomic E-state index is 14.6. The molecular weight excluding hydrogens is 452 g/mol. The van der Waals surface area contributed by atoms with Gasteiger partial charge in [0, 0.05) is 45.6 Å². The number of hydrogen-bond acceptors (Lipinski definition) is 6. The number of anilines is 1. The molecule has 3 aromatic rings. The number of carbonyl (C=O) groups is 1. The van der Waals surface area contributed by atoms with Gasteiger partial charge in [-0.3, -0.25) is 9.00 Å². The van der Waals surface area contributed by atoms with Gasteiger partial charge in [0.2, 0.25) is 5.91 Å². The van der Waals surface area contributed by atoms with Crippen LogP contribution in [0.25, 0.3) is 22.4 Å². The maximum Gasteiger partial charge on any atom is 0.405 e. The molecule has 32 heavy (non-hydrogen) atoms. The van der Waals surface area contributed by atoms with E-state index in [0.29, 0.717) is 16.6 Å². The summed E-state index contributed by atoms with van der Waals surface area (Å²) in [7, 11) is -1.21. The van der Waals surface area contributed by atoms with Crippen LogP contribution < -0.4 is 10.6 Å². The van der Waals surface area contributed by atoms with Crippen LogP contribution in [0.2, 0.25) is 0 Å². The van der Waals surface area contributed by atoms with E-state index in [9.17, 15) is 26.6 Å².